The molecule has 2 atom stereocenters. The Hall–Kier alpha value is -1.81. The van der Waals surface area contributed by atoms with Gasteiger partial charge in [-0.15, -0.1) is 0 Å². The molecule has 0 aromatic heterocycles. The number of hydrogen-bond donors (Lipinski definition) is 0. The van der Waals surface area contributed by atoms with Gasteiger partial charge in [-0.3, -0.25) is 4.79 Å². The average Bonchev–Trinajstić information content (AvgIpc) is 2.58. The van der Waals surface area contributed by atoms with Gasteiger partial charge in [0.05, 0.1) is 14.2 Å². The summed E-state index contributed by atoms with van der Waals surface area (Å²) < 4.78 is 11.3. The molecule has 0 N–H and O–H groups in total. The summed E-state index contributed by atoms with van der Waals surface area (Å²) in [6, 6.07) is 4.03. The van der Waals surface area contributed by atoms with E-state index in [4.69, 9.17) is 9.47 Å². The van der Waals surface area contributed by atoms with E-state index in [-0.39, 0.29) is 5.41 Å². The second kappa shape index (κ2) is 6.60. The van der Waals surface area contributed by atoms with Gasteiger partial charge in [-0.05, 0) is 51.0 Å². The second-order valence-electron chi connectivity index (χ2n) is 7.19. The van der Waals surface area contributed by atoms with Crippen LogP contribution in [0, 0.1) is 5.92 Å². The van der Waals surface area contributed by atoms with Crippen molar-refractivity contribution in [3.8, 4) is 11.5 Å². The SMILES string of the molecule is COc1ccc2c(c1OC)[C@]1(CCN(C)C)CC(=O)CC[C@@H]1C=C2. The highest BCUT2D eigenvalue weighted by Gasteiger charge is 2.48. The molecule has 1 aromatic carbocycles. The summed E-state index contributed by atoms with van der Waals surface area (Å²) in [5.41, 5.74) is 2.12. The van der Waals surface area contributed by atoms with E-state index in [0.29, 0.717) is 24.5 Å². The van der Waals surface area contributed by atoms with Crippen molar-refractivity contribution in [2.24, 2.45) is 5.92 Å². The first-order valence-electron chi connectivity index (χ1n) is 8.62. The topological polar surface area (TPSA) is 38.8 Å². The number of fused-ring (bicyclic) bond motifs is 3. The predicted octanol–water partition coefficient (Wildman–Crippen LogP) is 3.29. The molecular weight excluding hydrogens is 302 g/mol. The number of carbonyl (C=O) groups is 1. The van der Waals surface area contributed by atoms with Crippen LogP contribution < -0.4 is 9.47 Å². The molecular formula is C20H27NO3. The molecule has 0 radical (unpaired) electrons. The highest BCUT2D eigenvalue weighted by molar-refractivity contribution is 5.83. The zero-order valence-corrected chi connectivity index (χ0v) is 15.1. The lowest BCUT2D eigenvalue weighted by Crippen LogP contribution is -2.44. The van der Waals surface area contributed by atoms with Crippen LogP contribution in [0.1, 0.15) is 36.8 Å². The van der Waals surface area contributed by atoms with E-state index in [1.54, 1.807) is 14.2 Å². The van der Waals surface area contributed by atoms with Gasteiger partial charge < -0.3 is 14.4 Å². The molecule has 0 amide bonds. The van der Waals surface area contributed by atoms with Crippen LogP contribution in [-0.4, -0.2) is 45.5 Å². The fraction of sp³-hybridized carbons (Fsp3) is 0.550. The summed E-state index contributed by atoms with van der Waals surface area (Å²) in [4.78, 5) is 14.6. The molecule has 0 bridgehead atoms. The Morgan fingerprint density at radius 2 is 2.04 bits per heavy atom. The number of Topliss-reactive ketones (excluding diaryl/α,β-unsaturated/α-hetero) is 1. The van der Waals surface area contributed by atoms with Gasteiger partial charge in [0.25, 0.3) is 0 Å². The number of carbonyl (C=O) groups excluding carboxylic acids is 1. The smallest absolute Gasteiger partial charge is 0.165 e. The fourth-order valence-electron chi connectivity index (χ4n) is 4.35. The minimum atomic E-state index is -0.191. The van der Waals surface area contributed by atoms with E-state index < -0.39 is 0 Å². The fourth-order valence-corrected chi connectivity index (χ4v) is 4.35. The van der Waals surface area contributed by atoms with Gasteiger partial charge >= 0.3 is 0 Å². The van der Waals surface area contributed by atoms with Crippen molar-refractivity contribution in [1.82, 2.24) is 4.90 Å². The van der Waals surface area contributed by atoms with Crippen LogP contribution in [0.2, 0.25) is 0 Å². The molecule has 0 aliphatic heterocycles. The van der Waals surface area contributed by atoms with E-state index >= 15 is 0 Å². The van der Waals surface area contributed by atoms with Crippen molar-refractivity contribution in [2.75, 3.05) is 34.9 Å². The van der Waals surface area contributed by atoms with E-state index in [9.17, 15) is 4.79 Å². The van der Waals surface area contributed by atoms with Crippen LogP contribution in [0.25, 0.3) is 6.08 Å². The zero-order chi connectivity index (χ0) is 17.3. The molecule has 1 fully saturated rings. The van der Waals surface area contributed by atoms with Crippen LogP contribution in [-0.2, 0) is 10.2 Å². The van der Waals surface area contributed by atoms with Crippen molar-refractivity contribution >= 4 is 11.9 Å². The van der Waals surface area contributed by atoms with Crippen LogP contribution >= 0.6 is 0 Å². The molecule has 3 rings (SSSR count). The van der Waals surface area contributed by atoms with Crippen LogP contribution in [0.15, 0.2) is 18.2 Å². The Bertz CT molecular complexity index is 665. The van der Waals surface area contributed by atoms with E-state index in [1.807, 2.05) is 6.07 Å². The molecule has 1 aromatic rings. The van der Waals surface area contributed by atoms with E-state index in [2.05, 4.69) is 37.2 Å². The number of rotatable bonds is 5. The molecule has 0 saturated heterocycles. The Morgan fingerprint density at radius 3 is 2.71 bits per heavy atom. The van der Waals surface area contributed by atoms with Crippen LogP contribution in [0.4, 0.5) is 0 Å². The normalized spacial score (nSPS) is 25.4. The standard InChI is InChI=1S/C20H27NO3/c1-21(2)12-11-20-13-16(22)9-8-15(20)7-5-14-6-10-17(23-3)19(24-4)18(14)20/h5-7,10,15H,8-9,11-13H2,1-4H3/t15-,20+/m0/s1. The minimum absolute atomic E-state index is 0.191. The maximum absolute atomic E-state index is 12.4. The molecule has 130 valence electrons. The summed E-state index contributed by atoms with van der Waals surface area (Å²) in [6.07, 6.45) is 7.62. The predicted molar refractivity (Wildman–Crippen MR) is 95.8 cm³/mol. The Kier molecular flexibility index (Phi) is 4.68. The Labute approximate surface area is 144 Å². The maximum atomic E-state index is 12.4. The molecule has 0 heterocycles. The lowest BCUT2D eigenvalue weighted by molar-refractivity contribution is -0.123. The number of nitrogens with zero attached hydrogens (tertiary/aromatic N) is 1. The number of methoxy groups -OCH3 is 2. The van der Waals surface area contributed by atoms with Gasteiger partial charge in [-0.1, -0.05) is 18.2 Å². The molecule has 0 unspecified atom stereocenters. The molecule has 0 spiro atoms. The molecule has 24 heavy (non-hydrogen) atoms. The largest absolute Gasteiger partial charge is 0.493 e. The first kappa shape index (κ1) is 17.0. The average molecular weight is 329 g/mol. The number of ketones is 1. The quantitative estimate of drug-likeness (QED) is 0.831. The summed E-state index contributed by atoms with van der Waals surface area (Å²) in [6.45, 7) is 0.942. The zero-order valence-electron chi connectivity index (χ0n) is 15.1. The van der Waals surface area contributed by atoms with Gasteiger partial charge in [-0.2, -0.15) is 0 Å². The Morgan fingerprint density at radius 1 is 1.25 bits per heavy atom. The van der Waals surface area contributed by atoms with E-state index in [0.717, 1.165) is 42.0 Å². The summed E-state index contributed by atoms with van der Waals surface area (Å²) in [5.74, 6) is 2.27. The van der Waals surface area contributed by atoms with Gasteiger partial charge in [0.15, 0.2) is 11.5 Å². The molecule has 4 heteroatoms. The molecule has 2 aliphatic rings. The van der Waals surface area contributed by atoms with Gasteiger partial charge in [0.2, 0.25) is 0 Å². The highest BCUT2D eigenvalue weighted by atomic mass is 16.5. The van der Waals surface area contributed by atoms with Crippen LogP contribution in [0.3, 0.4) is 0 Å². The van der Waals surface area contributed by atoms with Crippen molar-refractivity contribution < 1.29 is 14.3 Å². The number of hydrogen-bond acceptors (Lipinski definition) is 4. The van der Waals surface area contributed by atoms with Crippen molar-refractivity contribution in [2.45, 2.75) is 31.1 Å². The minimum Gasteiger partial charge on any atom is -0.493 e. The third-order valence-electron chi connectivity index (χ3n) is 5.55. The van der Waals surface area contributed by atoms with Gasteiger partial charge in [0.1, 0.15) is 5.78 Å². The maximum Gasteiger partial charge on any atom is 0.165 e. The van der Waals surface area contributed by atoms with E-state index in [1.165, 1.54) is 0 Å². The molecule has 1 saturated carbocycles. The summed E-state index contributed by atoms with van der Waals surface area (Å²) in [7, 11) is 7.52. The Balaban J connectivity index is 2.19. The van der Waals surface area contributed by atoms with Crippen molar-refractivity contribution in [3.05, 3.63) is 29.3 Å². The number of benzene rings is 1. The monoisotopic (exact) mass is 329 g/mol. The molecule has 4 nitrogen and oxygen atoms in total. The van der Waals surface area contributed by atoms with Crippen molar-refractivity contribution in [3.63, 3.8) is 0 Å². The summed E-state index contributed by atoms with van der Waals surface area (Å²) in [5, 5.41) is 0. The second-order valence-corrected chi connectivity index (χ2v) is 7.19. The first-order chi connectivity index (χ1) is 11.5. The lowest BCUT2D eigenvalue weighted by atomic mass is 9.57. The number of ether oxygens (including phenoxy) is 2. The van der Waals surface area contributed by atoms with Crippen molar-refractivity contribution in [1.29, 1.82) is 0 Å². The summed E-state index contributed by atoms with van der Waals surface area (Å²) >= 11 is 0. The van der Waals surface area contributed by atoms with Gasteiger partial charge in [0, 0.05) is 23.8 Å². The number of allylic oxidation sites excluding steroid dienone is 1. The van der Waals surface area contributed by atoms with Gasteiger partial charge in [-0.25, -0.2) is 0 Å². The third-order valence-corrected chi connectivity index (χ3v) is 5.55. The molecule has 2 aliphatic carbocycles. The van der Waals surface area contributed by atoms with Crippen LogP contribution in [0.5, 0.6) is 11.5 Å². The lowest BCUT2D eigenvalue weighted by Gasteiger charge is -2.47. The highest BCUT2D eigenvalue weighted by Crippen LogP contribution is 2.54. The first-order valence-corrected chi connectivity index (χ1v) is 8.62. The third kappa shape index (κ3) is 2.73.